The standard InChI is InChI=1S/C18H20N4O2/c1-10-11(2)22-17(21-10)9-19-18(23)15-7-13-5-6-14(24-4)8-16(13)20-12(15)3/h5-8H,9H2,1-4H3,(H,19,23)(H,21,22). The molecule has 0 radical (unpaired) electrons. The molecule has 1 aromatic carbocycles. The smallest absolute Gasteiger partial charge is 0.253 e. The maximum Gasteiger partial charge on any atom is 0.253 e. The van der Waals surface area contributed by atoms with Crippen LogP contribution < -0.4 is 10.1 Å². The van der Waals surface area contributed by atoms with Gasteiger partial charge in [-0.05, 0) is 39.0 Å². The maximum atomic E-state index is 12.5. The van der Waals surface area contributed by atoms with E-state index in [2.05, 4.69) is 20.3 Å². The van der Waals surface area contributed by atoms with Gasteiger partial charge in [-0.3, -0.25) is 9.78 Å². The summed E-state index contributed by atoms with van der Waals surface area (Å²) in [5.74, 6) is 1.33. The summed E-state index contributed by atoms with van der Waals surface area (Å²) in [7, 11) is 1.62. The van der Waals surface area contributed by atoms with Crippen molar-refractivity contribution in [3.63, 3.8) is 0 Å². The number of H-pyrrole nitrogens is 1. The molecule has 24 heavy (non-hydrogen) atoms. The van der Waals surface area contributed by atoms with Crippen molar-refractivity contribution in [2.75, 3.05) is 7.11 Å². The first-order valence-electron chi connectivity index (χ1n) is 7.73. The Kier molecular flexibility index (Phi) is 4.20. The van der Waals surface area contributed by atoms with Gasteiger partial charge in [-0.25, -0.2) is 4.98 Å². The van der Waals surface area contributed by atoms with Gasteiger partial charge in [0.15, 0.2) is 0 Å². The summed E-state index contributed by atoms with van der Waals surface area (Å²) in [6, 6.07) is 7.47. The van der Waals surface area contributed by atoms with Gasteiger partial charge in [0, 0.05) is 17.1 Å². The van der Waals surface area contributed by atoms with Gasteiger partial charge < -0.3 is 15.0 Å². The fourth-order valence-corrected chi connectivity index (χ4v) is 2.56. The normalized spacial score (nSPS) is 10.8. The lowest BCUT2D eigenvalue weighted by atomic mass is 10.1. The van der Waals surface area contributed by atoms with Crippen LogP contribution in [0.4, 0.5) is 0 Å². The number of fused-ring (bicyclic) bond motifs is 1. The first kappa shape index (κ1) is 16.0. The summed E-state index contributed by atoms with van der Waals surface area (Å²) in [6.45, 7) is 6.07. The van der Waals surface area contributed by atoms with Crippen LogP contribution in [0.3, 0.4) is 0 Å². The lowest BCUT2D eigenvalue weighted by Crippen LogP contribution is -2.24. The summed E-state index contributed by atoms with van der Waals surface area (Å²) >= 11 is 0. The third-order valence-electron chi connectivity index (χ3n) is 4.05. The number of nitrogens with one attached hydrogen (secondary N) is 2. The lowest BCUT2D eigenvalue weighted by Gasteiger charge is -2.09. The molecule has 0 fully saturated rings. The predicted octanol–water partition coefficient (Wildman–Crippen LogP) is 2.82. The number of benzene rings is 1. The van der Waals surface area contributed by atoms with Crippen LogP contribution in [0.15, 0.2) is 24.3 Å². The summed E-state index contributed by atoms with van der Waals surface area (Å²) in [5, 5.41) is 3.79. The number of ether oxygens (including phenoxy) is 1. The second-order valence-corrected chi connectivity index (χ2v) is 5.76. The number of hydrogen-bond acceptors (Lipinski definition) is 4. The fraction of sp³-hybridized carbons (Fsp3) is 0.278. The molecule has 2 heterocycles. The van der Waals surface area contributed by atoms with Crippen molar-refractivity contribution in [2.24, 2.45) is 0 Å². The molecule has 2 aromatic heterocycles. The first-order chi connectivity index (χ1) is 11.5. The van der Waals surface area contributed by atoms with Gasteiger partial charge in [-0.2, -0.15) is 0 Å². The van der Waals surface area contributed by atoms with E-state index in [4.69, 9.17) is 4.74 Å². The number of aromatic nitrogens is 3. The third kappa shape index (κ3) is 3.08. The van der Waals surface area contributed by atoms with Crippen LogP contribution in [0.2, 0.25) is 0 Å². The van der Waals surface area contributed by atoms with Gasteiger partial charge in [-0.1, -0.05) is 0 Å². The number of nitrogens with zero attached hydrogens (tertiary/aromatic N) is 2. The highest BCUT2D eigenvalue weighted by Crippen LogP contribution is 2.21. The number of aryl methyl sites for hydroxylation is 3. The highest BCUT2D eigenvalue weighted by molar-refractivity contribution is 5.98. The number of rotatable bonds is 4. The molecule has 3 aromatic rings. The predicted molar refractivity (Wildman–Crippen MR) is 92.3 cm³/mol. The van der Waals surface area contributed by atoms with Crippen LogP contribution in [0.1, 0.15) is 33.3 Å². The number of aromatic amines is 1. The van der Waals surface area contributed by atoms with Gasteiger partial charge in [0.2, 0.25) is 0 Å². The quantitative estimate of drug-likeness (QED) is 0.773. The minimum atomic E-state index is -0.163. The number of carbonyl (C=O) groups is 1. The molecule has 0 aliphatic carbocycles. The molecule has 0 saturated heterocycles. The van der Waals surface area contributed by atoms with Crippen molar-refractivity contribution in [2.45, 2.75) is 27.3 Å². The second kappa shape index (κ2) is 6.31. The van der Waals surface area contributed by atoms with Crippen LogP contribution in [0.5, 0.6) is 5.75 Å². The van der Waals surface area contributed by atoms with E-state index in [1.54, 1.807) is 7.11 Å². The van der Waals surface area contributed by atoms with Crippen molar-refractivity contribution >= 4 is 16.8 Å². The van der Waals surface area contributed by atoms with Crippen LogP contribution in [-0.2, 0) is 6.54 Å². The average molecular weight is 324 g/mol. The summed E-state index contributed by atoms with van der Waals surface area (Å²) in [5.41, 5.74) is 4.00. The van der Waals surface area contributed by atoms with Crippen LogP contribution in [-0.4, -0.2) is 28.0 Å². The fourth-order valence-electron chi connectivity index (χ4n) is 2.56. The number of amides is 1. The van der Waals surface area contributed by atoms with Gasteiger partial charge in [0.1, 0.15) is 11.6 Å². The topological polar surface area (TPSA) is 79.9 Å². The zero-order valence-corrected chi connectivity index (χ0v) is 14.2. The number of pyridine rings is 1. The van der Waals surface area contributed by atoms with Crippen molar-refractivity contribution < 1.29 is 9.53 Å². The van der Waals surface area contributed by atoms with Crippen molar-refractivity contribution in [3.05, 3.63) is 52.7 Å². The van der Waals surface area contributed by atoms with Crippen molar-refractivity contribution in [1.29, 1.82) is 0 Å². The SMILES string of the molecule is COc1ccc2cc(C(=O)NCc3nc(C)c(C)[nH]3)c(C)nc2c1. The van der Waals surface area contributed by atoms with E-state index in [-0.39, 0.29) is 5.91 Å². The molecular weight excluding hydrogens is 304 g/mol. The maximum absolute atomic E-state index is 12.5. The largest absolute Gasteiger partial charge is 0.497 e. The number of hydrogen-bond donors (Lipinski definition) is 2. The van der Waals surface area contributed by atoms with E-state index in [1.165, 1.54) is 0 Å². The van der Waals surface area contributed by atoms with Crippen molar-refractivity contribution in [3.8, 4) is 5.75 Å². The van der Waals surface area contributed by atoms with Gasteiger partial charge >= 0.3 is 0 Å². The van der Waals surface area contributed by atoms with E-state index in [9.17, 15) is 4.79 Å². The molecular formula is C18H20N4O2. The Morgan fingerprint density at radius 3 is 2.62 bits per heavy atom. The van der Waals surface area contributed by atoms with E-state index >= 15 is 0 Å². The van der Waals surface area contributed by atoms with Crippen LogP contribution >= 0.6 is 0 Å². The highest BCUT2D eigenvalue weighted by atomic mass is 16.5. The zero-order chi connectivity index (χ0) is 17.3. The third-order valence-corrected chi connectivity index (χ3v) is 4.05. The molecule has 0 aliphatic heterocycles. The summed E-state index contributed by atoms with van der Waals surface area (Å²) < 4.78 is 5.21. The number of imidazole rings is 1. The Balaban J connectivity index is 1.82. The monoisotopic (exact) mass is 324 g/mol. The van der Waals surface area contributed by atoms with Crippen molar-refractivity contribution in [1.82, 2.24) is 20.3 Å². The van der Waals surface area contributed by atoms with E-state index in [0.717, 1.165) is 33.9 Å². The second-order valence-electron chi connectivity index (χ2n) is 5.76. The Bertz CT molecular complexity index is 895. The number of methoxy groups -OCH3 is 1. The summed E-state index contributed by atoms with van der Waals surface area (Å²) in [6.07, 6.45) is 0. The lowest BCUT2D eigenvalue weighted by molar-refractivity contribution is 0.0949. The van der Waals surface area contributed by atoms with E-state index in [1.807, 2.05) is 45.0 Å². The van der Waals surface area contributed by atoms with Gasteiger partial charge in [-0.15, -0.1) is 0 Å². The van der Waals surface area contributed by atoms with Gasteiger partial charge in [0.05, 0.1) is 36.1 Å². The molecule has 6 nitrogen and oxygen atoms in total. The molecule has 0 aliphatic rings. The molecule has 0 saturated carbocycles. The van der Waals surface area contributed by atoms with Crippen LogP contribution in [0.25, 0.3) is 10.9 Å². The Labute approximate surface area is 140 Å². The molecule has 0 unspecified atom stereocenters. The molecule has 1 amide bonds. The minimum Gasteiger partial charge on any atom is -0.497 e. The zero-order valence-electron chi connectivity index (χ0n) is 14.2. The molecule has 3 rings (SSSR count). The van der Waals surface area contributed by atoms with Gasteiger partial charge in [0.25, 0.3) is 5.91 Å². The average Bonchev–Trinajstić information content (AvgIpc) is 2.89. The molecule has 6 heteroatoms. The van der Waals surface area contributed by atoms with E-state index < -0.39 is 0 Å². The first-order valence-corrected chi connectivity index (χ1v) is 7.73. The highest BCUT2D eigenvalue weighted by Gasteiger charge is 2.13. The molecule has 0 bridgehead atoms. The molecule has 0 spiro atoms. The molecule has 0 atom stereocenters. The molecule has 124 valence electrons. The Morgan fingerprint density at radius 1 is 1.17 bits per heavy atom. The van der Waals surface area contributed by atoms with Crippen LogP contribution in [0, 0.1) is 20.8 Å². The number of carbonyl (C=O) groups excluding carboxylic acids is 1. The summed E-state index contributed by atoms with van der Waals surface area (Å²) in [4.78, 5) is 24.5. The minimum absolute atomic E-state index is 0.163. The Morgan fingerprint density at radius 2 is 1.96 bits per heavy atom. The molecule has 2 N–H and O–H groups in total. The Hall–Kier alpha value is -2.89. The van der Waals surface area contributed by atoms with E-state index in [0.29, 0.717) is 17.8 Å².